The first-order valence-electron chi connectivity index (χ1n) is 5.58. The highest BCUT2D eigenvalue weighted by molar-refractivity contribution is 5.74. The van der Waals surface area contributed by atoms with Crippen molar-refractivity contribution >= 4 is 17.5 Å². The van der Waals surface area contributed by atoms with Gasteiger partial charge >= 0.3 is 0 Å². The van der Waals surface area contributed by atoms with Crippen LogP contribution in [-0.4, -0.2) is 23.5 Å². The van der Waals surface area contributed by atoms with Crippen molar-refractivity contribution in [3.63, 3.8) is 0 Å². The Morgan fingerprint density at radius 2 is 2.06 bits per heavy atom. The average Bonchev–Trinajstić information content (AvgIpc) is 2.24. The molecule has 1 heterocycles. The number of primary amides is 1. The third kappa shape index (κ3) is 3.83. The van der Waals surface area contributed by atoms with Gasteiger partial charge in [0.05, 0.1) is 0 Å². The Hall–Kier alpha value is -1.92. The Kier molecular flexibility index (Phi) is 4.82. The van der Waals surface area contributed by atoms with Gasteiger partial charge in [-0.25, -0.2) is 13.8 Å². The Balaban J connectivity index is 2.87. The lowest BCUT2D eigenvalue weighted by atomic mass is 10.2. The highest BCUT2D eigenvalue weighted by Gasteiger charge is 2.14. The third-order valence-corrected chi connectivity index (χ3v) is 2.16. The molecule has 0 aromatic carbocycles. The summed E-state index contributed by atoms with van der Waals surface area (Å²) >= 11 is 0. The van der Waals surface area contributed by atoms with Gasteiger partial charge in [0.1, 0.15) is 0 Å². The molecule has 0 bridgehead atoms. The van der Waals surface area contributed by atoms with Crippen molar-refractivity contribution in [3.05, 3.63) is 17.7 Å². The van der Waals surface area contributed by atoms with Crippen LogP contribution in [0.1, 0.15) is 20.3 Å². The van der Waals surface area contributed by atoms with Gasteiger partial charge in [0.25, 0.3) is 0 Å². The van der Waals surface area contributed by atoms with Crippen LogP contribution < -0.4 is 16.4 Å². The Morgan fingerprint density at radius 3 is 2.61 bits per heavy atom. The number of nitrogens with one attached hydrogen (secondary N) is 2. The van der Waals surface area contributed by atoms with Gasteiger partial charge in [0.15, 0.2) is 23.3 Å². The number of amides is 1. The molecular formula is C11H16F2N4O. The summed E-state index contributed by atoms with van der Waals surface area (Å²) in [5.41, 5.74) is 5.02. The zero-order valence-electron chi connectivity index (χ0n) is 10.3. The Labute approximate surface area is 104 Å². The molecule has 18 heavy (non-hydrogen) atoms. The molecule has 1 unspecified atom stereocenters. The van der Waals surface area contributed by atoms with Crippen LogP contribution in [0.2, 0.25) is 0 Å². The molecule has 4 N–H and O–H groups in total. The lowest BCUT2D eigenvalue weighted by Gasteiger charge is -2.14. The highest BCUT2D eigenvalue weighted by atomic mass is 19.1. The summed E-state index contributed by atoms with van der Waals surface area (Å²) in [4.78, 5) is 14.5. The molecule has 0 aliphatic rings. The maximum Gasteiger partial charge on any atom is 0.219 e. The molecule has 100 valence electrons. The third-order valence-electron chi connectivity index (χ3n) is 2.16. The Morgan fingerprint density at radius 1 is 1.44 bits per heavy atom. The lowest BCUT2D eigenvalue weighted by molar-refractivity contribution is -0.118. The largest absolute Gasteiger partial charge is 0.370 e. The number of aromatic nitrogens is 1. The van der Waals surface area contributed by atoms with Crippen LogP contribution in [0, 0.1) is 11.6 Å². The van der Waals surface area contributed by atoms with Gasteiger partial charge in [-0.2, -0.15) is 0 Å². The maximum atomic E-state index is 13.5. The molecular weight excluding hydrogens is 242 g/mol. The summed E-state index contributed by atoms with van der Waals surface area (Å²) in [6.45, 7) is 3.89. The predicted octanol–water partition coefficient (Wildman–Crippen LogP) is 1.47. The minimum atomic E-state index is -0.814. The van der Waals surface area contributed by atoms with Crippen molar-refractivity contribution in [3.8, 4) is 0 Å². The number of anilines is 2. The molecule has 1 atom stereocenters. The standard InChI is InChI=1S/C11H16F2N4O/c1-3-15-10-7(12)5-8(13)11(17-10)16-6(2)4-9(14)18/h5-6H,3-4H2,1-2H3,(H2,14,18)(H2,15,16,17). The predicted molar refractivity (Wildman–Crippen MR) is 65.2 cm³/mol. The van der Waals surface area contributed by atoms with E-state index in [1.165, 1.54) is 0 Å². The van der Waals surface area contributed by atoms with Gasteiger partial charge in [-0.3, -0.25) is 4.79 Å². The van der Waals surface area contributed by atoms with Gasteiger partial charge in [-0.1, -0.05) is 0 Å². The molecule has 0 aliphatic heterocycles. The van der Waals surface area contributed by atoms with E-state index in [1.807, 2.05) is 0 Å². The van der Waals surface area contributed by atoms with E-state index in [0.29, 0.717) is 6.54 Å². The van der Waals surface area contributed by atoms with Crippen LogP contribution in [0.3, 0.4) is 0 Å². The maximum absolute atomic E-state index is 13.5. The molecule has 5 nitrogen and oxygen atoms in total. The zero-order valence-corrected chi connectivity index (χ0v) is 10.3. The molecule has 1 amide bonds. The quantitative estimate of drug-likeness (QED) is 0.721. The average molecular weight is 258 g/mol. The molecule has 1 aromatic rings. The van der Waals surface area contributed by atoms with Crippen molar-refractivity contribution in [2.75, 3.05) is 17.2 Å². The molecule has 1 rings (SSSR count). The van der Waals surface area contributed by atoms with Gasteiger partial charge in [0, 0.05) is 25.1 Å². The van der Waals surface area contributed by atoms with Gasteiger partial charge in [-0.15, -0.1) is 0 Å². The summed E-state index contributed by atoms with van der Waals surface area (Å²) in [6.07, 6.45) is 0.0367. The van der Waals surface area contributed by atoms with Crippen LogP contribution in [0.5, 0.6) is 0 Å². The second-order valence-electron chi connectivity index (χ2n) is 3.90. The fourth-order valence-corrected chi connectivity index (χ4v) is 1.45. The Bertz CT molecular complexity index is 439. The van der Waals surface area contributed by atoms with Crippen molar-refractivity contribution in [1.82, 2.24) is 4.98 Å². The summed E-state index contributed by atoms with van der Waals surface area (Å²) in [5, 5.41) is 5.35. The van der Waals surface area contributed by atoms with Gasteiger partial charge < -0.3 is 16.4 Å². The topological polar surface area (TPSA) is 80.0 Å². The van der Waals surface area contributed by atoms with Crippen molar-refractivity contribution in [2.24, 2.45) is 5.73 Å². The molecule has 0 spiro atoms. The van der Waals surface area contributed by atoms with Crippen molar-refractivity contribution in [2.45, 2.75) is 26.3 Å². The second-order valence-corrected chi connectivity index (χ2v) is 3.90. The number of carbonyl (C=O) groups excluding carboxylic acids is 1. The number of carbonyl (C=O) groups is 1. The van der Waals surface area contributed by atoms with Crippen molar-refractivity contribution < 1.29 is 13.6 Å². The number of nitrogens with two attached hydrogens (primary N) is 1. The smallest absolute Gasteiger partial charge is 0.219 e. The lowest BCUT2D eigenvalue weighted by Crippen LogP contribution is -2.25. The summed E-state index contributed by atoms with van der Waals surface area (Å²) < 4.78 is 26.8. The van der Waals surface area contributed by atoms with E-state index in [0.717, 1.165) is 6.07 Å². The number of halogens is 2. The molecule has 1 aromatic heterocycles. The van der Waals surface area contributed by atoms with E-state index in [9.17, 15) is 13.6 Å². The number of hydrogen-bond acceptors (Lipinski definition) is 4. The fraction of sp³-hybridized carbons (Fsp3) is 0.455. The normalized spacial score (nSPS) is 12.0. The van der Waals surface area contributed by atoms with E-state index in [-0.39, 0.29) is 24.1 Å². The SMILES string of the molecule is CCNc1nc(NC(C)CC(N)=O)c(F)cc1F. The second kappa shape index (κ2) is 6.13. The first-order chi connectivity index (χ1) is 8.43. The van der Waals surface area contributed by atoms with Crippen LogP contribution in [-0.2, 0) is 4.79 Å². The summed E-state index contributed by atoms with van der Waals surface area (Å²) in [7, 11) is 0. The summed E-state index contributed by atoms with van der Waals surface area (Å²) in [5.74, 6) is -2.23. The number of rotatable bonds is 6. The van der Waals surface area contributed by atoms with Crippen LogP contribution in [0.4, 0.5) is 20.4 Å². The van der Waals surface area contributed by atoms with E-state index >= 15 is 0 Å². The number of pyridine rings is 1. The van der Waals surface area contributed by atoms with Crippen LogP contribution >= 0.6 is 0 Å². The molecule has 0 fully saturated rings. The molecule has 7 heteroatoms. The van der Waals surface area contributed by atoms with Crippen LogP contribution in [0.25, 0.3) is 0 Å². The number of hydrogen-bond donors (Lipinski definition) is 3. The van der Waals surface area contributed by atoms with E-state index in [1.54, 1.807) is 13.8 Å². The van der Waals surface area contributed by atoms with E-state index < -0.39 is 17.5 Å². The van der Waals surface area contributed by atoms with Gasteiger partial charge in [0.2, 0.25) is 5.91 Å². The van der Waals surface area contributed by atoms with Gasteiger partial charge in [-0.05, 0) is 13.8 Å². The van der Waals surface area contributed by atoms with E-state index in [4.69, 9.17) is 5.73 Å². The molecule has 0 aliphatic carbocycles. The van der Waals surface area contributed by atoms with Crippen molar-refractivity contribution in [1.29, 1.82) is 0 Å². The summed E-state index contributed by atoms with van der Waals surface area (Å²) in [6, 6.07) is 0.356. The number of nitrogens with zero attached hydrogens (tertiary/aromatic N) is 1. The molecule has 0 saturated heterocycles. The minimum Gasteiger partial charge on any atom is -0.370 e. The zero-order chi connectivity index (χ0) is 13.7. The first kappa shape index (κ1) is 14.1. The highest BCUT2D eigenvalue weighted by Crippen LogP contribution is 2.19. The van der Waals surface area contributed by atoms with Crippen LogP contribution in [0.15, 0.2) is 6.07 Å². The fourth-order valence-electron chi connectivity index (χ4n) is 1.45. The molecule has 0 saturated carbocycles. The molecule has 0 radical (unpaired) electrons. The minimum absolute atomic E-state index is 0.0346. The first-order valence-corrected chi connectivity index (χ1v) is 5.58. The monoisotopic (exact) mass is 258 g/mol. The van der Waals surface area contributed by atoms with E-state index in [2.05, 4.69) is 15.6 Å².